The van der Waals surface area contributed by atoms with Gasteiger partial charge < -0.3 is 10.4 Å². The number of pyridine rings is 1. The quantitative estimate of drug-likeness (QED) is 0.494. The molecule has 1 atom stereocenters. The van der Waals surface area contributed by atoms with Crippen LogP contribution >= 0.6 is 11.6 Å². The highest BCUT2D eigenvalue weighted by molar-refractivity contribution is 7.90. The van der Waals surface area contributed by atoms with E-state index in [1.165, 1.54) is 36.7 Å². The van der Waals surface area contributed by atoms with E-state index in [1.54, 1.807) is 18.2 Å². The summed E-state index contributed by atoms with van der Waals surface area (Å²) in [5.41, 5.74) is -0.675. The zero-order valence-electron chi connectivity index (χ0n) is 17.7. The van der Waals surface area contributed by atoms with E-state index < -0.39 is 33.4 Å². The SMILES string of the molecule is CC(C)(C)C(Cc1cn(S(=O)(=O)c2ccccc2)c(-c2cccnc2Cl)c1F)NC(=O)O. The summed E-state index contributed by atoms with van der Waals surface area (Å²) < 4.78 is 43.4. The van der Waals surface area contributed by atoms with Crippen molar-refractivity contribution in [3.8, 4) is 11.3 Å². The third-order valence-corrected chi connectivity index (χ3v) is 7.04. The summed E-state index contributed by atoms with van der Waals surface area (Å²) in [6.45, 7) is 5.42. The summed E-state index contributed by atoms with van der Waals surface area (Å²) in [7, 11) is -4.18. The molecule has 0 saturated carbocycles. The molecule has 0 bridgehead atoms. The van der Waals surface area contributed by atoms with Crippen LogP contribution in [-0.4, -0.2) is 34.6 Å². The van der Waals surface area contributed by atoms with Gasteiger partial charge in [0.05, 0.1) is 4.90 Å². The van der Waals surface area contributed by atoms with Gasteiger partial charge in [-0.2, -0.15) is 0 Å². The van der Waals surface area contributed by atoms with Crippen LogP contribution in [0.5, 0.6) is 0 Å². The standard InChI is InChI=1S/C22H23ClFN3O4S/c1-22(2,3)17(26-21(28)29)12-14-13-27(32(30,31)15-8-5-4-6-9-15)19(18(14)24)16-10-7-11-25-20(16)23/h4-11,13,17,26H,12H2,1-3H3,(H,28,29). The molecule has 10 heteroatoms. The van der Waals surface area contributed by atoms with E-state index in [0.717, 1.165) is 3.97 Å². The van der Waals surface area contributed by atoms with Crippen LogP contribution in [0.4, 0.5) is 9.18 Å². The Kier molecular flexibility index (Phi) is 6.61. The average molecular weight is 480 g/mol. The molecule has 0 aliphatic heterocycles. The highest BCUT2D eigenvalue weighted by atomic mass is 35.5. The van der Waals surface area contributed by atoms with Crippen molar-refractivity contribution in [1.29, 1.82) is 0 Å². The van der Waals surface area contributed by atoms with Crippen molar-refractivity contribution in [3.63, 3.8) is 0 Å². The first-order valence-corrected chi connectivity index (χ1v) is 11.6. The van der Waals surface area contributed by atoms with E-state index in [2.05, 4.69) is 10.3 Å². The molecule has 32 heavy (non-hydrogen) atoms. The molecule has 0 fully saturated rings. The number of benzene rings is 1. The van der Waals surface area contributed by atoms with Crippen LogP contribution in [0.25, 0.3) is 11.3 Å². The molecule has 0 spiro atoms. The van der Waals surface area contributed by atoms with Crippen LogP contribution in [0.1, 0.15) is 26.3 Å². The molecule has 2 N–H and O–H groups in total. The average Bonchev–Trinajstić information content (AvgIpc) is 3.04. The second kappa shape index (κ2) is 8.91. The van der Waals surface area contributed by atoms with Gasteiger partial charge in [0.1, 0.15) is 10.8 Å². The van der Waals surface area contributed by atoms with E-state index in [4.69, 9.17) is 11.6 Å². The summed E-state index contributed by atoms with van der Waals surface area (Å²) in [6.07, 6.45) is 1.27. The Morgan fingerprint density at radius 1 is 1.22 bits per heavy atom. The Hall–Kier alpha value is -2.91. The van der Waals surface area contributed by atoms with Crippen molar-refractivity contribution in [2.24, 2.45) is 5.41 Å². The number of nitrogens with zero attached hydrogens (tertiary/aromatic N) is 2. The van der Waals surface area contributed by atoms with Crippen molar-refractivity contribution in [2.45, 2.75) is 38.1 Å². The van der Waals surface area contributed by atoms with Crippen molar-refractivity contribution >= 4 is 27.7 Å². The molecular weight excluding hydrogens is 457 g/mol. The summed E-state index contributed by atoms with van der Waals surface area (Å²) in [6, 6.07) is 9.94. The first-order chi connectivity index (χ1) is 14.9. The number of hydrogen-bond acceptors (Lipinski definition) is 4. The first kappa shape index (κ1) is 23.7. The predicted molar refractivity (Wildman–Crippen MR) is 120 cm³/mol. The normalized spacial score (nSPS) is 13.0. The Labute approximate surface area is 190 Å². The minimum Gasteiger partial charge on any atom is -0.465 e. The molecular formula is C22H23ClFN3O4S. The molecule has 170 valence electrons. The van der Waals surface area contributed by atoms with Gasteiger partial charge in [-0.3, -0.25) is 0 Å². The van der Waals surface area contributed by atoms with Crippen LogP contribution in [0.2, 0.25) is 5.15 Å². The third kappa shape index (κ3) is 4.78. The third-order valence-electron chi connectivity index (χ3n) is 5.06. The lowest BCUT2D eigenvalue weighted by Crippen LogP contribution is -2.44. The molecule has 2 aromatic heterocycles. The second-order valence-electron chi connectivity index (χ2n) is 8.34. The monoisotopic (exact) mass is 479 g/mol. The predicted octanol–water partition coefficient (Wildman–Crippen LogP) is 4.80. The number of rotatable bonds is 6. The molecule has 2 heterocycles. The number of nitrogens with one attached hydrogen (secondary N) is 1. The van der Waals surface area contributed by atoms with Gasteiger partial charge in [0.2, 0.25) is 0 Å². The fraction of sp³-hybridized carbons (Fsp3) is 0.273. The summed E-state index contributed by atoms with van der Waals surface area (Å²) in [5.74, 6) is -0.805. The highest BCUT2D eigenvalue weighted by Gasteiger charge is 2.32. The number of halogens is 2. The van der Waals surface area contributed by atoms with Crippen LogP contribution in [0, 0.1) is 11.2 Å². The zero-order chi connectivity index (χ0) is 23.7. The topological polar surface area (TPSA) is 101 Å². The van der Waals surface area contributed by atoms with Gasteiger partial charge in [0.25, 0.3) is 10.0 Å². The minimum absolute atomic E-state index is 0.0288. The van der Waals surface area contributed by atoms with Gasteiger partial charge in [-0.15, -0.1) is 0 Å². The van der Waals surface area contributed by atoms with Gasteiger partial charge in [0.15, 0.2) is 5.82 Å². The van der Waals surface area contributed by atoms with Crippen LogP contribution < -0.4 is 5.32 Å². The highest BCUT2D eigenvalue weighted by Crippen LogP contribution is 2.35. The molecule has 1 amide bonds. The molecule has 0 radical (unpaired) electrons. The maximum absolute atomic E-state index is 15.7. The van der Waals surface area contributed by atoms with Gasteiger partial charge in [0, 0.05) is 29.6 Å². The van der Waals surface area contributed by atoms with E-state index in [9.17, 15) is 18.3 Å². The van der Waals surface area contributed by atoms with Crippen molar-refractivity contribution in [3.05, 3.63) is 71.4 Å². The molecule has 0 aliphatic rings. The van der Waals surface area contributed by atoms with Crippen molar-refractivity contribution in [1.82, 2.24) is 14.3 Å². The van der Waals surface area contributed by atoms with Gasteiger partial charge >= 0.3 is 6.09 Å². The molecule has 7 nitrogen and oxygen atoms in total. The number of carbonyl (C=O) groups is 1. The van der Waals surface area contributed by atoms with Crippen molar-refractivity contribution < 1.29 is 22.7 Å². The Bertz CT molecular complexity index is 1240. The smallest absolute Gasteiger partial charge is 0.404 e. The molecule has 1 aromatic carbocycles. The van der Waals surface area contributed by atoms with Crippen LogP contribution in [0.3, 0.4) is 0 Å². The number of carboxylic acid groups (broad SMARTS) is 1. The molecule has 3 aromatic rings. The molecule has 3 rings (SSSR count). The molecule has 0 aliphatic carbocycles. The lowest BCUT2D eigenvalue weighted by molar-refractivity contribution is 0.174. The lowest BCUT2D eigenvalue weighted by atomic mass is 9.83. The Morgan fingerprint density at radius 2 is 1.88 bits per heavy atom. The summed E-state index contributed by atoms with van der Waals surface area (Å²) in [5, 5.41) is 11.6. The van der Waals surface area contributed by atoms with E-state index >= 15 is 4.39 Å². The van der Waals surface area contributed by atoms with Crippen molar-refractivity contribution in [2.75, 3.05) is 0 Å². The number of hydrogen-bond donors (Lipinski definition) is 2. The maximum atomic E-state index is 15.7. The van der Waals surface area contributed by atoms with E-state index in [-0.39, 0.29) is 33.3 Å². The Morgan fingerprint density at radius 3 is 2.44 bits per heavy atom. The lowest BCUT2D eigenvalue weighted by Gasteiger charge is -2.30. The van der Waals surface area contributed by atoms with Crippen LogP contribution in [0.15, 0.2) is 59.8 Å². The number of amides is 1. The molecule has 0 saturated heterocycles. The number of aromatic nitrogens is 2. The summed E-state index contributed by atoms with van der Waals surface area (Å²) >= 11 is 6.18. The fourth-order valence-electron chi connectivity index (χ4n) is 3.29. The second-order valence-corrected chi connectivity index (χ2v) is 10.5. The van der Waals surface area contributed by atoms with E-state index in [0.29, 0.717) is 0 Å². The minimum atomic E-state index is -4.18. The first-order valence-electron chi connectivity index (χ1n) is 9.73. The van der Waals surface area contributed by atoms with Gasteiger partial charge in [-0.05, 0) is 36.1 Å². The summed E-state index contributed by atoms with van der Waals surface area (Å²) in [4.78, 5) is 15.2. The largest absolute Gasteiger partial charge is 0.465 e. The van der Waals surface area contributed by atoms with E-state index in [1.807, 2.05) is 20.8 Å². The van der Waals surface area contributed by atoms with Crippen LogP contribution in [-0.2, 0) is 16.4 Å². The Balaban J connectivity index is 2.23. The van der Waals surface area contributed by atoms with Gasteiger partial charge in [-0.1, -0.05) is 50.6 Å². The van der Waals surface area contributed by atoms with Gasteiger partial charge in [-0.25, -0.2) is 26.6 Å². The zero-order valence-corrected chi connectivity index (χ0v) is 19.3. The molecule has 1 unspecified atom stereocenters. The fourth-order valence-corrected chi connectivity index (χ4v) is 4.91. The maximum Gasteiger partial charge on any atom is 0.404 e.